The lowest BCUT2D eigenvalue weighted by atomic mass is 9.95. The Morgan fingerprint density at radius 3 is 2.25 bits per heavy atom. The molecular weight excluding hydrogens is 825 g/mol. The number of rotatable bonds is 8. The highest BCUT2D eigenvalue weighted by Gasteiger charge is 2.46. The van der Waals surface area contributed by atoms with Gasteiger partial charge in [0.15, 0.2) is 11.7 Å². The van der Waals surface area contributed by atoms with Crippen LogP contribution in [0.4, 0.5) is 5.69 Å². The second-order valence-corrected chi connectivity index (χ2v) is 16.4. The van der Waals surface area contributed by atoms with Crippen LogP contribution in [-0.4, -0.2) is 145 Å². The van der Waals surface area contributed by atoms with E-state index in [4.69, 9.17) is 9.47 Å². The summed E-state index contributed by atoms with van der Waals surface area (Å²) in [7, 11) is 6.61. The lowest BCUT2D eigenvalue weighted by Gasteiger charge is -2.40. The number of Topliss-reactive ketones (excluding diaryl/α,β-unsaturated/α-hetero) is 1. The Labute approximate surface area is 372 Å². The second kappa shape index (κ2) is 20.6. The van der Waals surface area contributed by atoms with Crippen molar-refractivity contribution in [3.05, 3.63) is 89.7 Å². The Morgan fingerprint density at radius 2 is 1.58 bits per heavy atom. The van der Waals surface area contributed by atoms with E-state index in [1.807, 2.05) is 43.3 Å². The molecule has 0 radical (unpaired) electrons. The number of hydrogen-bond acceptors (Lipinski definition) is 12. The van der Waals surface area contributed by atoms with Crippen LogP contribution in [0.15, 0.2) is 72.9 Å². The molecule has 0 spiro atoms. The van der Waals surface area contributed by atoms with Crippen LogP contribution in [0, 0.1) is 0 Å². The van der Waals surface area contributed by atoms with Crippen LogP contribution in [0.2, 0.25) is 0 Å². The maximum atomic E-state index is 15.0. The van der Waals surface area contributed by atoms with E-state index in [9.17, 15) is 38.4 Å². The van der Waals surface area contributed by atoms with Gasteiger partial charge >= 0.3 is 5.97 Å². The summed E-state index contributed by atoms with van der Waals surface area (Å²) in [5.41, 5.74) is 1.74. The zero-order chi connectivity index (χ0) is 46.2. The number of carbonyl (C=O) groups excluding carboxylic acids is 8. The lowest BCUT2D eigenvalue weighted by molar-refractivity contribution is -0.156. The van der Waals surface area contributed by atoms with Gasteiger partial charge in [-0.1, -0.05) is 49.4 Å². The van der Waals surface area contributed by atoms with Crippen LogP contribution in [0.5, 0.6) is 5.75 Å². The summed E-state index contributed by atoms with van der Waals surface area (Å²) in [5, 5.41) is 8.02. The number of piperidine rings is 1. The summed E-state index contributed by atoms with van der Waals surface area (Å²) in [6, 6.07) is 10.7. The smallest absolute Gasteiger partial charge is 0.333 e. The first-order valence-electron chi connectivity index (χ1n) is 21.4. The molecule has 0 unspecified atom stereocenters. The SMILES string of the molecule is CC[C@H]1NC(=O)[C@@H](NC(=O)c2ncccc2OC)[C@@H](C)OC(=O)[C@H](c2ccccc2)NC(=O)[C@@H]2CC(=O)CCN2C(=O)[C@H](Cc2ccc(N(C)C)cc2)N(C)C(=O)[C@@H]2CCCN2C1=O. The van der Waals surface area contributed by atoms with Crippen LogP contribution in [0.1, 0.15) is 73.6 Å². The summed E-state index contributed by atoms with van der Waals surface area (Å²) in [5.74, 6) is -5.45. The molecule has 3 fully saturated rings. The van der Waals surface area contributed by atoms with E-state index in [0.717, 1.165) is 5.69 Å². The van der Waals surface area contributed by atoms with E-state index in [1.165, 1.54) is 48.0 Å². The predicted molar refractivity (Wildman–Crippen MR) is 233 cm³/mol. The van der Waals surface area contributed by atoms with Crippen molar-refractivity contribution >= 4 is 52.9 Å². The first-order chi connectivity index (χ1) is 30.6. The first-order valence-corrected chi connectivity index (χ1v) is 21.4. The van der Waals surface area contributed by atoms with E-state index < -0.39 is 83.8 Å². The van der Waals surface area contributed by atoms with Gasteiger partial charge < -0.3 is 45.0 Å². The van der Waals surface area contributed by atoms with Gasteiger partial charge in [-0.05, 0) is 61.6 Å². The minimum Gasteiger partial charge on any atom is -0.494 e. The topological polar surface area (TPSA) is 217 Å². The molecule has 3 aliphatic rings. The first kappa shape index (κ1) is 46.6. The predicted octanol–water partition coefficient (Wildman–Crippen LogP) is 1.57. The monoisotopic (exact) mass is 880 g/mol. The summed E-state index contributed by atoms with van der Waals surface area (Å²) in [6.45, 7) is 3.10. The number of aromatic nitrogens is 1. The number of cyclic esters (lactones) is 1. The number of amides is 6. The Kier molecular flexibility index (Phi) is 15.0. The molecule has 18 heteroatoms. The van der Waals surface area contributed by atoms with Crippen molar-refractivity contribution in [3.8, 4) is 5.75 Å². The molecule has 3 N–H and O–H groups in total. The number of pyridine rings is 1. The van der Waals surface area contributed by atoms with E-state index in [1.54, 1.807) is 43.3 Å². The number of anilines is 1. The van der Waals surface area contributed by atoms with Gasteiger partial charge in [-0.15, -0.1) is 0 Å². The highest BCUT2D eigenvalue weighted by Crippen LogP contribution is 2.27. The van der Waals surface area contributed by atoms with Gasteiger partial charge in [0.05, 0.1) is 7.11 Å². The fourth-order valence-corrected chi connectivity index (χ4v) is 8.35. The molecule has 18 nitrogen and oxygen atoms in total. The average Bonchev–Trinajstić information content (AvgIpc) is 3.80. The third-order valence-corrected chi connectivity index (χ3v) is 12.0. The van der Waals surface area contributed by atoms with Gasteiger partial charge in [0, 0.05) is 65.4 Å². The normalized spacial score (nSPS) is 25.2. The average molecular weight is 881 g/mol. The van der Waals surface area contributed by atoms with E-state index in [-0.39, 0.29) is 68.0 Å². The number of benzene rings is 2. The molecular formula is C46H56N8O10. The molecule has 2 aromatic carbocycles. The molecule has 3 aromatic rings. The fraction of sp³-hybridized carbons (Fsp3) is 0.457. The van der Waals surface area contributed by atoms with Crippen molar-refractivity contribution in [1.82, 2.24) is 35.6 Å². The van der Waals surface area contributed by atoms with Gasteiger partial charge in [-0.3, -0.25) is 33.6 Å². The Bertz CT molecular complexity index is 2240. The molecule has 7 atom stereocenters. The molecule has 64 heavy (non-hydrogen) atoms. The highest BCUT2D eigenvalue weighted by atomic mass is 16.5. The van der Waals surface area contributed by atoms with Crippen molar-refractivity contribution in [1.29, 1.82) is 0 Å². The quantitative estimate of drug-likeness (QED) is 0.275. The van der Waals surface area contributed by atoms with Crippen LogP contribution in [0.25, 0.3) is 0 Å². The number of ketones is 1. The van der Waals surface area contributed by atoms with E-state index in [2.05, 4.69) is 20.9 Å². The van der Waals surface area contributed by atoms with E-state index in [0.29, 0.717) is 12.0 Å². The van der Waals surface area contributed by atoms with Gasteiger partial charge in [0.2, 0.25) is 29.5 Å². The number of ether oxygens (including phenoxy) is 2. The van der Waals surface area contributed by atoms with Crippen molar-refractivity contribution in [2.24, 2.45) is 0 Å². The number of fused-ring (bicyclic) bond motifs is 2. The number of nitrogens with zero attached hydrogens (tertiary/aromatic N) is 5. The van der Waals surface area contributed by atoms with Crippen LogP contribution < -0.4 is 25.6 Å². The van der Waals surface area contributed by atoms with Crippen molar-refractivity contribution < 1.29 is 47.8 Å². The molecule has 340 valence electrons. The summed E-state index contributed by atoms with van der Waals surface area (Å²) >= 11 is 0. The van der Waals surface area contributed by atoms with Crippen LogP contribution in [-0.2, 0) is 44.7 Å². The number of likely N-dealkylation sites (N-methyl/N-ethyl adjacent to an activating group) is 1. The zero-order valence-electron chi connectivity index (χ0n) is 36.9. The molecule has 1 aromatic heterocycles. The molecule has 0 saturated carbocycles. The minimum absolute atomic E-state index is 0.0379. The molecule has 4 heterocycles. The van der Waals surface area contributed by atoms with Crippen molar-refractivity contribution in [2.45, 2.75) is 94.7 Å². The number of nitrogens with one attached hydrogen (secondary N) is 3. The molecule has 0 aliphatic carbocycles. The molecule has 3 saturated heterocycles. The Balaban J connectivity index is 1.44. The van der Waals surface area contributed by atoms with Gasteiger partial charge in [0.25, 0.3) is 5.91 Å². The third kappa shape index (κ3) is 10.3. The maximum Gasteiger partial charge on any atom is 0.333 e. The lowest BCUT2D eigenvalue weighted by Crippen LogP contribution is -2.61. The third-order valence-electron chi connectivity index (χ3n) is 12.0. The van der Waals surface area contributed by atoms with Crippen molar-refractivity contribution in [2.75, 3.05) is 46.2 Å². The van der Waals surface area contributed by atoms with Gasteiger partial charge in [0.1, 0.15) is 47.8 Å². The number of hydrogen-bond donors (Lipinski definition) is 3. The number of methoxy groups -OCH3 is 1. The summed E-state index contributed by atoms with van der Waals surface area (Å²) < 4.78 is 11.2. The molecule has 6 amide bonds. The van der Waals surface area contributed by atoms with Crippen molar-refractivity contribution in [3.63, 3.8) is 0 Å². The second-order valence-electron chi connectivity index (χ2n) is 16.4. The number of carbonyl (C=O) groups is 8. The van der Waals surface area contributed by atoms with Gasteiger partial charge in [-0.2, -0.15) is 0 Å². The number of esters is 1. The van der Waals surface area contributed by atoms with Crippen LogP contribution >= 0.6 is 0 Å². The standard InChI is InChI=1S/C46H56N8O10/c1-7-32-43(59)53-23-12-15-33(53)44(60)52(5)35(25-28-17-19-30(20-18-28)51(3)4)45(61)54-24-21-31(55)26-34(54)40(56)50-38(29-13-9-8-10-14-29)46(62)64-27(2)37(41(57)48-32)49-42(58)39-36(63-6)16-11-22-47-39/h8-11,13-14,16-20,22,27,32-35,37-38H,7,12,15,21,23-26H2,1-6H3,(H,48,57)(H,49,58)(H,50,56)/t27-,32-,33+,34+,35+,37+,38+/m1/s1. The maximum absolute atomic E-state index is 15.0. The summed E-state index contributed by atoms with van der Waals surface area (Å²) in [4.78, 5) is 124. The Hall–Kier alpha value is -6.85. The largest absolute Gasteiger partial charge is 0.494 e. The molecule has 0 bridgehead atoms. The summed E-state index contributed by atoms with van der Waals surface area (Å²) in [6.07, 6.45) is 0.387. The molecule has 6 rings (SSSR count). The van der Waals surface area contributed by atoms with Crippen LogP contribution in [0.3, 0.4) is 0 Å². The van der Waals surface area contributed by atoms with E-state index >= 15 is 0 Å². The Morgan fingerprint density at radius 1 is 0.875 bits per heavy atom. The minimum atomic E-state index is -1.63. The highest BCUT2D eigenvalue weighted by molar-refractivity contribution is 6.01. The fourth-order valence-electron chi connectivity index (χ4n) is 8.35. The van der Waals surface area contributed by atoms with Gasteiger partial charge in [-0.25, -0.2) is 9.78 Å². The zero-order valence-corrected chi connectivity index (χ0v) is 36.9. The molecule has 3 aliphatic heterocycles.